The minimum Gasteiger partial charge on any atom is -0.481 e. The van der Waals surface area contributed by atoms with Gasteiger partial charge in [0.25, 0.3) is 0 Å². The van der Waals surface area contributed by atoms with Crippen molar-refractivity contribution < 1.29 is 9.90 Å². The molecule has 0 saturated heterocycles. The molecule has 2 rings (SSSR count). The van der Waals surface area contributed by atoms with Gasteiger partial charge < -0.3 is 5.11 Å². The molecule has 2 nitrogen and oxygen atoms in total. The van der Waals surface area contributed by atoms with E-state index in [-0.39, 0.29) is 0 Å². The van der Waals surface area contributed by atoms with Crippen LogP contribution in [0.4, 0.5) is 0 Å². The van der Waals surface area contributed by atoms with Crippen molar-refractivity contribution in [1.29, 1.82) is 0 Å². The van der Waals surface area contributed by atoms with E-state index in [4.69, 9.17) is 0 Å². The predicted octanol–water partition coefficient (Wildman–Crippen LogP) is 3.90. The van der Waals surface area contributed by atoms with Crippen molar-refractivity contribution in [2.24, 2.45) is 11.3 Å². The zero-order chi connectivity index (χ0) is 13.0. The highest BCUT2D eigenvalue weighted by atomic mass is 16.4. The first-order chi connectivity index (χ1) is 8.62. The van der Waals surface area contributed by atoms with Gasteiger partial charge in [-0.1, -0.05) is 37.3 Å². The molecule has 98 valence electrons. The molecule has 0 bridgehead atoms. The topological polar surface area (TPSA) is 37.3 Å². The summed E-state index contributed by atoms with van der Waals surface area (Å²) in [6, 6.07) is 10.3. The first-order valence-electron chi connectivity index (χ1n) is 6.90. The van der Waals surface area contributed by atoms with Crippen LogP contribution in [0.2, 0.25) is 0 Å². The summed E-state index contributed by atoms with van der Waals surface area (Å²) in [5.74, 6) is -0.0160. The summed E-state index contributed by atoms with van der Waals surface area (Å²) in [5, 5.41) is 9.48. The molecule has 1 saturated carbocycles. The maximum Gasteiger partial charge on any atom is 0.309 e. The summed E-state index contributed by atoms with van der Waals surface area (Å²) in [7, 11) is 0. The molecule has 2 unspecified atom stereocenters. The van der Waals surface area contributed by atoms with E-state index in [9.17, 15) is 9.90 Å². The summed E-state index contributed by atoms with van der Waals surface area (Å²) in [4.78, 5) is 11.5. The number of benzene rings is 1. The minimum atomic E-state index is -0.583. The van der Waals surface area contributed by atoms with Crippen LogP contribution in [0.15, 0.2) is 30.3 Å². The lowest BCUT2D eigenvalue weighted by molar-refractivity contribution is -0.149. The Bertz CT molecular complexity index is 399. The number of carbonyl (C=O) groups is 1. The maximum atomic E-state index is 11.5. The van der Waals surface area contributed by atoms with Gasteiger partial charge in [-0.15, -0.1) is 0 Å². The Kier molecular flexibility index (Phi) is 4.05. The monoisotopic (exact) mass is 246 g/mol. The molecule has 1 aliphatic rings. The molecule has 1 aromatic carbocycles. The van der Waals surface area contributed by atoms with Crippen LogP contribution in [0.3, 0.4) is 0 Å². The van der Waals surface area contributed by atoms with Gasteiger partial charge in [-0.3, -0.25) is 4.79 Å². The molecule has 0 radical (unpaired) electrons. The number of aliphatic carboxylic acids is 1. The van der Waals surface area contributed by atoms with Crippen molar-refractivity contribution in [3.8, 4) is 0 Å². The Morgan fingerprint density at radius 2 is 2.11 bits per heavy atom. The number of carboxylic acid groups (broad SMARTS) is 1. The molecule has 1 aromatic rings. The Morgan fingerprint density at radius 1 is 1.39 bits per heavy atom. The number of hydrogen-bond acceptors (Lipinski definition) is 1. The number of rotatable bonds is 5. The zero-order valence-corrected chi connectivity index (χ0v) is 11.1. The van der Waals surface area contributed by atoms with Crippen LogP contribution in [-0.4, -0.2) is 11.1 Å². The highest BCUT2D eigenvalue weighted by Crippen LogP contribution is 2.45. The fourth-order valence-electron chi connectivity index (χ4n) is 3.20. The first kappa shape index (κ1) is 13.1. The van der Waals surface area contributed by atoms with Crippen molar-refractivity contribution in [3.63, 3.8) is 0 Å². The molecule has 18 heavy (non-hydrogen) atoms. The van der Waals surface area contributed by atoms with E-state index in [1.807, 2.05) is 18.2 Å². The van der Waals surface area contributed by atoms with Crippen LogP contribution < -0.4 is 0 Å². The van der Waals surface area contributed by atoms with E-state index in [1.165, 1.54) is 5.56 Å². The molecule has 0 aromatic heterocycles. The third kappa shape index (κ3) is 2.92. The molecule has 1 N–H and O–H groups in total. The van der Waals surface area contributed by atoms with Crippen LogP contribution in [0.25, 0.3) is 0 Å². The second kappa shape index (κ2) is 5.55. The Morgan fingerprint density at radius 3 is 2.67 bits per heavy atom. The maximum absolute atomic E-state index is 11.5. The molecule has 0 amide bonds. The van der Waals surface area contributed by atoms with E-state index in [0.29, 0.717) is 5.92 Å². The fraction of sp³-hybridized carbons (Fsp3) is 0.562. The summed E-state index contributed by atoms with van der Waals surface area (Å²) in [5.41, 5.74) is 0.873. The third-order valence-electron chi connectivity index (χ3n) is 4.27. The molecule has 1 fully saturated rings. The van der Waals surface area contributed by atoms with E-state index >= 15 is 0 Å². The quantitative estimate of drug-likeness (QED) is 0.855. The standard InChI is InChI=1S/C16H22O2/c1-13-9-11-16(12-13,15(17)18)10-5-8-14-6-3-2-4-7-14/h2-4,6-7,13H,5,8-12H2,1H3,(H,17,18). The van der Waals surface area contributed by atoms with E-state index in [2.05, 4.69) is 19.1 Å². The first-order valence-corrected chi connectivity index (χ1v) is 6.90. The Balaban J connectivity index is 1.90. The highest BCUT2D eigenvalue weighted by Gasteiger charge is 2.43. The van der Waals surface area contributed by atoms with Crippen LogP contribution in [0, 0.1) is 11.3 Å². The van der Waals surface area contributed by atoms with Crippen LogP contribution in [-0.2, 0) is 11.2 Å². The fourth-order valence-corrected chi connectivity index (χ4v) is 3.20. The average Bonchev–Trinajstić information content (AvgIpc) is 2.74. The SMILES string of the molecule is CC1CCC(CCCc2ccccc2)(C(=O)O)C1. The molecule has 0 spiro atoms. The normalized spacial score (nSPS) is 27.3. The van der Waals surface area contributed by atoms with Gasteiger partial charge in [-0.05, 0) is 50.0 Å². The zero-order valence-electron chi connectivity index (χ0n) is 11.1. The van der Waals surface area contributed by atoms with Crippen molar-refractivity contribution in [1.82, 2.24) is 0 Å². The molecular formula is C16H22O2. The smallest absolute Gasteiger partial charge is 0.309 e. The third-order valence-corrected chi connectivity index (χ3v) is 4.27. The lowest BCUT2D eigenvalue weighted by Gasteiger charge is -2.24. The van der Waals surface area contributed by atoms with Crippen molar-refractivity contribution in [2.75, 3.05) is 0 Å². The molecular weight excluding hydrogens is 224 g/mol. The Hall–Kier alpha value is -1.31. The summed E-state index contributed by atoms with van der Waals surface area (Å²) in [6.07, 6.45) is 5.57. The summed E-state index contributed by atoms with van der Waals surface area (Å²) in [6.45, 7) is 2.17. The van der Waals surface area contributed by atoms with Gasteiger partial charge in [0.05, 0.1) is 5.41 Å². The number of carboxylic acids is 1. The lowest BCUT2D eigenvalue weighted by Crippen LogP contribution is -2.28. The summed E-state index contributed by atoms with van der Waals surface area (Å²) >= 11 is 0. The van der Waals surface area contributed by atoms with Gasteiger partial charge in [-0.2, -0.15) is 0 Å². The van der Waals surface area contributed by atoms with Crippen molar-refractivity contribution in [2.45, 2.75) is 45.4 Å². The van der Waals surface area contributed by atoms with Crippen LogP contribution in [0.5, 0.6) is 0 Å². The van der Waals surface area contributed by atoms with E-state index in [1.54, 1.807) is 0 Å². The van der Waals surface area contributed by atoms with Gasteiger partial charge in [0, 0.05) is 0 Å². The molecule has 2 atom stereocenters. The highest BCUT2D eigenvalue weighted by molar-refractivity contribution is 5.75. The second-order valence-electron chi connectivity index (χ2n) is 5.77. The average molecular weight is 246 g/mol. The number of aryl methyl sites for hydroxylation is 1. The van der Waals surface area contributed by atoms with Gasteiger partial charge in [0.1, 0.15) is 0 Å². The molecule has 0 heterocycles. The van der Waals surface area contributed by atoms with Gasteiger partial charge in [0.2, 0.25) is 0 Å². The minimum absolute atomic E-state index is 0.436. The molecule has 0 aliphatic heterocycles. The van der Waals surface area contributed by atoms with E-state index in [0.717, 1.165) is 38.5 Å². The van der Waals surface area contributed by atoms with Crippen LogP contribution >= 0.6 is 0 Å². The van der Waals surface area contributed by atoms with Crippen molar-refractivity contribution in [3.05, 3.63) is 35.9 Å². The summed E-state index contributed by atoms with van der Waals surface area (Å²) < 4.78 is 0. The Labute approximate surface area is 109 Å². The van der Waals surface area contributed by atoms with Gasteiger partial charge >= 0.3 is 5.97 Å². The number of hydrogen-bond donors (Lipinski definition) is 1. The molecule has 1 aliphatic carbocycles. The largest absolute Gasteiger partial charge is 0.481 e. The lowest BCUT2D eigenvalue weighted by atomic mass is 9.80. The van der Waals surface area contributed by atoms with Gasteiger partial charge in [-0.25, -0.2) is 0 Å². The van der Waals surface area contributed by atoms with Crippen molar-refractivity contribution >= 4 is 5.97 Å². The van der Waals surface area contributed by atoms with Gasteiger partial charge in [0.15, 0.2) is 0 Å². The predicted molar refractivity (Wildman–Crippen MR) is 72.5 cm³/mol. The molecule has 2 heteroatoms. The van der Waals surface area contributed by atoms with Crippen LogP contribution in [0.1, 0.15) is 44.6 Å². The van der Waals surface area contributed by atoms with E-state index < -0.39 is 11.4 Å². The second-order valence-corrected chi connectivity index (χ2v) is 5.77.